The minimum absolute atomic E-state index is 0.172. The van der Waals surface area contributed by atoms with Gasteiger partial charge in [-0.15, -0.1) is 0 Å². The van der Waals surface area contributed by atoms with Crippen LogP contribution in [-0.4, -0.2) is 44.6 Å². The van der Waals surface area contributed by atoms with Gasteiger partial charge in [-0.1, -0.05) is 30.3 Å². The zero-order valence-electron chi connectivity index (χ0n) is 11.3. The van der Waals surface area contributed by atoms with Crippen LogP contribution < -0.4 is 10.5 Å². The normalized spacial score (nSPS) is 20.9. The van der Waals surface area contributed by atoms with Gasteiger partial charge in [-0.25, -0.2) is 13.1 Å². The van der Waals surface area contributed by atoms with Crippen LogP contribution in [0.4, 0.5) is 0 Å². The first-order valence-electron chi connectivity index (χ1n) is 6.43. The Balaban J connectivity index is 1.98. The highest BCUT2D eigenvalue weighted by molar-refractivity contribution is 7.88. The Bertz CT molecular complexity index is 574. The van der Waals surface area contributed by atoms with Gasteiger partial charge >= 0.3 is 0 Å². The zero-order chi connectivity index (χ0) is 14.8. The Kier molecular flexibility index (Phi) is 4.42. The molecule has 0 radical (unpaired) electrons. The summed E-state index contributed by atoms with van der Waals surface area (Å²) < 4.78 is 24.9. The molecule has 7 heteroatoms. The molecule has 20 heavy (non-hydrogen) atoms. The number of hydrogen-bond acceptors (Lipinski definition) is 4. The van der Waals surface area contributed by atoms with E-state index in [0.717, 1.165) is 11.8 Å². The number of carbonyl (C=O) groups excluding carboxylic acids is 1. The van der Waals surface area contributed by atoms with E-state index in [9.17, 15) is 13.2 Å². The Morgan fingerprint density at radius 2 is 2.05 bits per heavy atom. The summed E-state index contributed by atoms with van der Waals surface area (Å²) in [6, 6.07) is 8.23. The van der Waals surface area contributed by atoms with Crippen LogP contribution in [0, 0.1) is 0 Å². The fourth-order valence-electron chi connectivity index (χ4n) is 2.36. The van der Waals surface area contributed by atoms with E-state index in [4.69, 9.17) is 5.73 Å². The Morgan fingerprint density at radius 1 is 1.40 bits per heavy atom. The molecule has 1 aliphatic rings. The molecule has 2 atom stereocenters. The molecule has 1 heterocycles. The van der Waals surface area contributed by atoms with Gasteiger partial charge in [0.05, 0.1) is 6.26 Å². The third-order valence-electron chi connectivity index (χ3n) is 3.31. The average molecular weight is 297 g/mol. The molecule has 0 unspecified atom stereocenters. The van der Waals surface area contributed by atoms with Crippen LogP contribution in [0.2, 0.25) is 0 Å². The lowest BCUT2D eigenvalue weighted by Gasteiger charge is -2.21. The summed E-state index contributed by atoms with van der Waals surface area (Å²) >= 11 is 0. The third kappa shape index (κ3) is 3.78. The second-order valence-corrected chi connectivity index (χ2v) is 6.83. The van der Waals surface area contributed by atoms with Crippen molar-refractivity contribution >= 4 is 15.9 Å². The number of sulfonamides is 1. The van der Waals surface area contributed by atoms with Gasteiger partial charge in [0.25, 0.3) is 0 Å². The average Bonchev–Trinajstić information content (AvgIpc) is 2.84. The Labute approximate surface area is 119 Å². The standard InChI is InChI=1S/C13H19N3O3S/c1-20(18,19)15-11-7-8-16(9-11)13(17)12(14)10-5-3-2-4-6-10/h2-6,11-12,15H,7-9,14H2,1H3/t11-,12+/m1/s1. The van der Waals surface area contributed by atoms with Crippen LogP contribution in [0.1, 0.15) is 18.0 Å². The number of nitrogens with zero attached hydrogens (tertiary/aromatic N) is 1. The van der Waals surface area contributed by atoms with E-state index < -0.39 is 16.1 Å². The molecule has 6 nitrogen and oxygen atoms in total. The van der Waals surface area contributed by atoms with E-state index >= 15 is 0 Å². The summed E-state index contributed by atoms with van der Waals surface area (Å²) in [5.74, 6) is -0.172. The smallest absolute Gasteiger partial charge is 0.244 e. The van der Waals surface area contributed by atoms with Crippen LogP contribution >= 0.6 is 0 Å². The predicted molar refractivity (Wildman–Crippen MR) is 76.3 cm³/mol. The van der Waals surface area contributed by atoms with Crippen molar-refractivity contribution in [3.8, 4) is 0 Å². The summed E-state index contributed by atoms with van der Waals surface area (Å²) in [6.07, 6.45) is 1.73. The lowest BCUT2D eigenvalue weighted by atomic mass is 10.1. The predicted octanol–water partition coefficient (Wildman–Crippen LogP) is -0.163. The maximum Gasteiger partial charge on any atom is 0.244 e. The summed E-state index contributed by atoms with van der Waals surface area (Å²) in [7, 11) is -3.25. The third-order valence-corrected chi connectivity index (χ3v) is 4.07. The molecule has 3 N–H and O–H groups in total. The van der Waals surface area contributed by atoms with Crippen molar-refractivity contribution in [1.82, 2.24) is 9.62 Å². The van der Waals surface area contributed by atoms with Crippen molar-refractivity contribution in [2.45, 2.75) is 18.5 Å². The molecule has 1 aromatic rings. The second-order valence-electron chi connectivity index (χ2n) is 5.05. The Morgan fingerprint density at radius 3 is 2.65 bits per heavy atom. The molecule has 1 fully saturated rings. The van der Waals surface area contributed by atoms with Gasteiger partial charge in [-0.05, 0) is 12.0 Å². The van der Waals surface area contributed by atoms with E-state index in [-0.39, 0.29) is 11.9 Å². The molecule has 0 aromatic heterocycles. The van der Waals surface area contributed by atoms with Gasteiger partial charge in [0.2, 0.25) is 15.9 Å². The minimum atomic E-state index is -3.25. The summed E-state index contributed by atoms with van der Waals surface area (Å²) in [5, 5.41) is 0. The number of nitrogens with one attached hydrogen (secondary N) is 1. The first-order valence-corrected chi connectivity index (χ1v) is 8.32. The molecule has 1 amide bonds. The highest BCUT2D eigenvalue weighted by Gasteiger charge is 2.31. The Hall–Kier alpha value is -1.44. The highest BCUT2D eigenvalue weighted by atomic mass is 32.2. The number of hydrogen-bond donors (Lipinski definition) is 2. The number of carbonyl (C=O) groups is 1. The molecular weight excluding hydrogens is 278 g/mol. The minimum Gasteiger partial charge on any atom is -0.339 e. The molecule has 0 bridgehead atoms. The van der Waals surface area contributed by atoms with Crippen molar-refractivity contribution in [3.05, 3.63) is 35.9 Å². The van der Waals surface area contributed by atoms with E-state index in [1.165, 1.54) is 0 Å². The van der Waals surface area contributed by atoms with Crippen LogP contribution in [0.3, 0.4) is 0 Å². The van der Waals surface area contributed by atoms with E-state index in [2.05, 4.69) is 4.72 Å². The van der Waals surface area contributed by atoms with Gasteiger partial charge in [0.1, 0.15) is 6.04 Å². The maximum atomic E-state index is 12.3. The molecule has 1 aliphatic heterocycles. The van der Waals surface area contributed by atoms with E-state index in [0.29, 0.717) is 19.5 Å². The van der Waals surface area contributed by atoms with Crippen LogP contribution in [0.5, 0.6) is 0 Å². The largest absolute Gasteiger partial charge is 0.339 e. The summed E-state index contributed by atoms with van der Waals surface area (Å²) in [6.45, 7) is 0.888. The number of likely N-dealkylation sites (tertiary alicyclic amines) is 1. The monoisotopic (exact) mass is 297 g/mol. The van der Waals surface area contributed by atoms with Crippen molar-refractivity contribution in [1.29, 1.82) is 0 Å². The van der Waals surface area contributed by atoms with Crippen molar-refractivity contribution in [2.75, 3.05) is 19.3 Å². The molecule has 1 aromatic carbocycles. The molecular formula is C13H19N3O3S. The van der Waals surface area contributed by atoms with Crippen molar-refractivity contribution < 1.29 is 13.2 Å². The van der Waals surface area contributed by atoms with Crippen LogP contribution in [-0.2, 0) is 14.8 Å². The topological polar surface area (TPSA) is 92.5 Å². The summed E-state index contributed by atoms with van der Waals surface area (Å²) in [4.78, 5) is 13.9. The van der Waals surface area contributed by atoms with Gasteiger partial charge in [0, 0.05) is 19.1 Å². The fourth-order valence-corrected chi connectivity index (χ4v) is 3.16. The molecule has 110 valence electrons. The number of rotatable bonds is 4. The molecule has 0 saturated carbocycles. The fraction of sp³-hybridized carbons (Fsp3) is 0.462. The van der Waals surface area contributed by atoms with Gasteiger partial charge in [-0.2, -0.15) is 0 Å². The number of amides is 1. The van der Waals surface area contributed by atoms with E-state index in [1.807, 2.05) is 30.3 Å². The second kappa shape index (κ2) is 5.90. The molecule has 2 rings (SSSR count). The molecule has 0 spiro atoms. The molecule has 0 aliphatic carbocycles. The van der Waals surface area contributed by atoms with Crippen LogP contribution in [0.25, 0.3) is 0 Å². The lowest BCUT2D eigenvalue weighted by Crippen LogP contribution is -2.40. The van der Waals surface area contributed by atoms with Crippen molar-refractivity contribution in [3.63, 3.8) is 0 Å². The zero-order valence-corrected chi connectivity index (χ0v) is 12.1. The van der Waals surface area contributed by atoms with Crippen molar-refractivity contribution in [2.24, 2.45) is 5.73 Å². The van der Waals surface area contributed by atoms with Gasteiger partial charge in [0.15, 0.2) is 0 Å². The number of benzene rings is 1. The first-order chi connectivity index (χ1) is 9.37. The van der Waals surface area contributed by atoms with Gasteiger partial charge in [-0.3, -0.25) is 4.79 Å². The number of nitrogens with two attached hydrogens (primary N) is 1. The van der Waals surface area contributed by atoms with Gasteiger partial charge < -0.3 is 10.6 Å². The molecule has 1 saturated heterocycles. The lowest BCUT2D eigenvalue weighted by molar-refractivity contribution is -0.131. The summed E-state index contributed by atoms with van der Waals surface area (Å²) in [5.41, 5.74) is 6.72. The SMILES string of the molecule is CS(=O)(=O)N[C@@H]1CCN(C(=O)[C@@H](N)c2ccccc2)C1. The van der Waals surface area contributed by atoms with Crippen LogP contribution in [0.15, 0.2) is 30.3 Å². The van der Waals surface area contributed by atoms with E-state index in [1.54, 1.807) is 4.90 Å². The first kappa shape index (κ1) is 15.0. The maximum absolute atomic E-state index is 12.3. The quantitative estimate of drug-likeness (QED) is 0.807. The highest BCUT2D eigenvalue weighted by Crippen LogP contribution is 2.17.